The maximum absolute atomic E-state index is 11.7. The summed E-state index contributed by atoms with van der Waals surface area (Å²) in [6.07, 6.45) is -15.6. The molecule has 2 aromatic rings. The van der Waals surface area contributed by atoms with E-state index in [1.807, 2.05) is 0 Å². The number of fused-ring (bicyclic) bond motifs is 1. The van der Waals surface area contributed by atoms with Gasteiger partial charge in [0.25, 0.3) is 0 Å². The summed E-state index contributed by atoms with van der Waals surface area (Å²) in [5.41, 5.74) is 0.381. The first kappa shape index (κ1) is 25.9. The van der Waals surface area contributed by atoms with Gasteiger partial charge in [-0.25, -0.2) is 4.79 Å². The van der Waals surface area contributed by atoms with Gasteiger partial charge in [-0.2, -0.15) is 0 Å². The third-order valence-electron chi connectivity index (χ3n) is 6.14. The van der Waals surface area contributed by atoms with E-state index in [0.717, 1.165) is 0 Å². The summed E-state index contributed by atoms with van der Waals surface area (Å²) in [4.78, 5) is 11.7. The average Bonchev–Trinajstić information content (AvgIpc) is 2.83. The summed E-state index contributed by atoms with van der Waals surface area (Å²) >= 11 is 0. The predicted octanol–water partition coefficient (Wildman–Crippen LogP) is -2.90. The monoisotopic (exact) mass is 500 g/mol. The molecule has 194 valence electrons. The summed E-state index contributed by atoms with van der Waals surface area (Å²) in [5.74, 6) is 0.146. The Labute approximate surface area is 198 Å². The highest BCUT2D eigenvalue weighted by Crippen LogP contribution is 2.31. The Kier molecular flexibility index (Phi) is 7.73. The molecular weight excluding hydrogens is 472 g/mol. The first-order chi connectivity index (χ1) is 16.6. The lowest BCUT2D eigenvalue weighted by Crippen LogP contribution is -2.65. The van der Waals surface area contributed by atoms with Gasteiger partial charge in [-0.1, -0.05) is 0 Å². The Morgan fingerprint density at radius 3 is 2.17 bits per heavy atom. The number of aliphatic hydroxyl groups excluding tert-OH is 7. The first-order valence-electron chi connectivity index (χ1n) is 10.9. The third kappa shape index (κ3) is 5.06. The number of aryl methyl sites for hydroxylation is 1. The van der Waals surface area contributed by atoms with Crippen molar-refractivity contribution in [3.05, 3.63) is 40.2 Å². The molecule has 0 spiro atoms. The van der Waals surface area contributed by atoms with E-state index >= 15 is 0 Å². The summed E-state index contributed by atoms with van der Waals surface area (Å²) in [6, 6.07) is 5.94. The second-order valence-electron chi connectivity index (χ2n) is 8.53. The largest absolute Gasteiger partial charge is 0.462 e. The lowest BCUT2D eigenvalue weighted by atomic mass is 9.97. The van der Waals surface area contributed by atoms with Crippen molar-refractivity contribution in [2.24, 2.45) is 0 Å². The summed E-state index contributed by atoms with van der Waals surface area (Å²) in [6.45, 7) is 0.352. The Bertz CT molecular complexity index is 1070. The lowest BCUT2D eigenvalue weighted by molar-refractivity contribution is -0.352. The van der Waals surface area contributed by atoms with E-state index in [1.54, 1.807) is 19.1 Å². The van der Waals surface area contributed by atoms with E-state index in [4.69, 9.17) is 23.4 Å². The fraction of sp³-hybridized carbons (Fsp3) is 0.591. The molecular formula is C22H28O13. The van der Waals surface area contributed by atoms with E-state index in [-0.39, 0.29) is 11.3 Å². The number of hydrogen-bond acceptors (Lipinski definition) is 13. The smallest absolute Gasteiger partial charge is 0.336 e. The van der Waals surface area contributed by atoms with Gasteiger partial charge in [0, 0.05) is 17.5 Å². The van der Waals surface area contributed by atoms with Crippen LogP contribution >= 0.6 is 0 Å². The van der Waals surface area contributed by atoms with E-state index < -0.39 is 80.3 Å². The summed E-state index contributed by atoms with van der Waals surface area (Å²) in [7, 11) is 0. The fourth-order valence-corrected chi connectivity index (χ4v) is 4.17. The molecule has 35 heavy (non-hydrogen) atoms. The van der Waals surface area contributed by atoms with Crippen LogP contribution < -0.4 is 10.4 Å². The van der Waals surface area contributed by atoms with Gasteiger partial charge in [-0.05, 0) is 24.6 Å². The second kappa shape index (κ2) is 10.4. The Morgan fingerprint density at radius 1 is 0.829 bits per heavy atom. The molecule has 10 atom stereocenters. The van der Waals surface area contributed by atoms with Crippen LogP contribution in [0.1, 0.15) is 5.56 Å². The van der Waals surface area contributed by atoms with Gasteiger partial charge in [-0.3, -0.25) is 0 Å². The zero-order valence-corrected chi connectivity index (χ0v) is 18.6. The van der Waals surface area contributed by atoms with Crippen molar-refractivity contribution in [2.45, 2.75) is 68.3 Å². The standard InChI is InChI=1S/C22H28O13/c1-8-4-14(25)32-11-5-9(2-3-10(8)11)31-21-19(30)17(28)20(13(7-24)34-21)35-22-18(29)16(27)15(26)12(6-23)33-22/h2-5,12-13,15-24,26-30H,6-7H2,1H3/t12-,13+,15+,16+,17-,18+,19+,20+,21+,22-/m0/s1. The molecule has 1 aromatic carbocycles. The van der Waals surface area contributed by atoms with Crippen molar-refractivity contribution in [3.63, 3.8) is 0 Å². The zero-order chi connectivity index (χ0) is 25.4. The van der Waals surface area contributed by atoms with Crippen LogP contribution in [0.3, 0.4) is 0 Å². The molecule has 0 aliphatic carbocycles. The molecule has 2 saturated heterocycles. The molecule has 3 heterocycles. The minimum atomic E-state index is -1.76. The van der Waals surface area contributed by atoms with Gasteiger partial charge in [0.15, 0.2) is 6.29 Å². The molecule has 2 fully saturated rings. The van der Waals surface area contributed by atoms with E-state index in [2.05, 4.69) is 0 Å². The highest BCUT2D eigenvalue weighted by atomic mass is 16.7. The van der Waals surface area contributed by atoms with Crippen LogP contribution in [-0.4, -0.2) is 110 Å². The van der Waals surface area contributed by atoms with Crippen LogP contribution in [0, 0.1) is 6.92 Å². The molecule has 2 aliphatic rings. The van der Waals surface area contributed by atoms with E-state index in [1.165, 1.54) is 12.1 Å². The van der Waals surface area contributed by atoms with Crippen LogP contribution in [-0.2, 0) is 14.2 Å². The molecule has 7 N–H and O–H groups in total. The molecule has 0 unspecified atom stereocenters. The summed E-state index contributed by atoms with van der Waals surface area (Å²) < 4.78 is 27.1. The number of aliphatic hydroxyl groups is 7. The van der Waals surface area contributed by atoms with Crippen molar-refractivity contribution in [1.82, 2.24) is 0 Å². The maximum atomic E-state index is 11.7. The minimum absolute atomic E-state index is 0.146. The SMILES string of the molecule is Cc1cc(=O)oc2cc(O[C@@H]3O[C@H](CO)[C@@H](O[C@@H]4O[C@@H](CO)[C@@H](O)[C@@H](O)[C@H]4O)[C@@H](O)[C@H]3O)ccc12. The Hall–Kier alpha value is -2.17. The van der Waals surface area contributed by atoms with Gasteiger partial charge in [0.2, 0.25) is 6.29 Å². The van der Waals surface area contributed by atoms with Crippen LogP contribution in [0.2, 0.25) is 0 Å². The van der Waals surface area contributed by atoms with E-state index in [9.17, 15) is 40.5 Å². The fourth-order valence-electron chi connectivity index (χ4n) is 4.17. The quantitative estimate of drug-likeness (QED) is 0.199. The molecule has 2 aliphatic heterocycles. The van der Waals surface area contributed by atoms with Crippen molar-refractivity contribution < 1.29 is 59.1 Å². The predicted molar refractivity (Wildman–Crippen MR) is 114 cm³/mol. The molecule has 0 bridgehead atoms. The van der Waals surface area contributed by atoms with Gasteiger partial charge in [0.1, 0.15) is 60.2 Å². The average molecular weight is 500 g/mol. The van der Waals surface area contributed by atoms with Crippen molar-refractivity contribution >= 4 is 11.0 Å². The van der Waals surface area contributed by atoms with Gasteiger partial charge in [-0.15, -0.1) is 0 Å². The minimum Gasteiger partial charge on any atom is -0.462 e. The van der Waals surface area contributed by atoms with Gasteiger partial charge in [0.05, 0.1) is 13.2 Å². The molecule has 1 aromatic heterocycles. The van der Waals surface area contributed by atoms with Gasteiger partial charge >= 0.3 is 5.63 Å². The van der Waals surface area contributed by atoms with Crippen LogP contribution in [0.15, 0.2) is 33.5 Å². The van der Waals surface area contributed by atoms with Crippen molar-refractivity contribution in [2.75, 3.05) is 13.2 Å². The van der Waals surface area contributed by atoms with Crippen LogP contribution in [0.5, 0.6) is 5.75 Å². The Balaban J connectivity index is 1.50. The molecule has 0 amide bonds. The zero-order valence-electron chi connectivity index (χ0n) is 18.6. The number of hydrogen-bond donors (Lipinski definition) is 7. The number of benzene rings is 1. The second-order valence-corrected chi connectivity index (χ2v) is 8.53. The molecule has 0 radical (unpaired) electrons. The topological polar surface area (TPSA) is 209 Å². The summed E-state index contributed by atoms with van der Waals surface area (Å²) in [5, 5.41) is 71.1. The molecule has 13 nitrogen and oxygen atoms in total. The Morgan fingerprint density at radius 2 is 1.49 bits per heavy atom. The number of rotatable bonds is 6. The third-order valence-corrected chi connectivity index (χ3v) is 6.14. The van der Waals surface area contributed by atoms with Crippen molar-refractivity contribution in [1.29, 1.82) is 0 Å². The molecule has 13 heteroatoms. The first-order valence-corrected chi connectivity index (χ1v) is 10.9. The van der Waals surface area contributed by atoms with Crippen LogP contribution in [0.4, 0.5) is 0 Å². The normalized spacial score (nSPS) is 37.9. The van der Waals surface area contributed by atoms with Crippen LogP contribution in [0.25, 0.3) is 11.0 Å². The van der Waals surface area contributed by atoms with Gasteiger partial charge < -0.3 is 59.1 Å². The molecule has 0 saturated carbocycles. The lowest BCUT2D eigenvalue weighted by Gasteiger charge is -2.45. The highest BCUT2D eigenvalue weighted by Gasteiger charge is 2.51. The highest BCUT2D eigenvalue weighted by molar-refractivity contribution is 5.81. The number of ether oxygens (including phenoxy) is 4. The van der Waals surface area contributed by atoms with Crippen molar-refractivity contribution in [3.8, 4) is 5.75 Å². The van der Waals surface area contributed by atoms with E-state index in [0.29, 0.717) is 10.9 Å². The maximum Gasteiger partial charge on any atom is 0.336 e. The molecule has 4 rings (SSSR count).